The molecular weight excluding hydrogens is 594 g/mol. The molecule has 9 heteroatoms. The van der Waals surface area contributed by atoms with Crippen LogP contribution in [0, 0.1) is 6.92 Å². The van der Waals surface area contributed by atoms with E-state index in [-0.39, 0.29) is 29.8 Å². The van der Waals surface area contributed by atoms with Gasteiger partial charge in [0.2, 0.25) is 11.8 Å². The molecule has 4 aromatic rings. The molecule has 0 aliphatic rings. The summed E-state index contributed by atoms with van der Waals surface area (Å²) in [6, 6.07) is 30.6. The van der Waals surface area contributed by atoms with E-state index in [1.165, 1.54) is 17.0 Å². The van der Waals surface area contributed by atoms with E-state index >= 15 is 0 Å². The van der Waals surface area contributed by atoms with E-state index in [4.69, 9.17) is 11.6 Å². The Kier molecular flexibility index (Phi) is 11.2. The molecule has 4 aromatic carbocycles. The number of halogens is 1. The van der Waals surface area contributed by atoms with E-state index < -0.39 is 28.5 Å². The molecule has 0 bridgehead atoms. The molecule has 1 N–H and O–H groups in total. The normalized spacial score (nSPS) is 12.6. The monoisotopic (exact) mass is 631 g/mol. The second-order valence-electron chi connectivity index (χ2n) is 10.8. The third-order valence-corrected chi connectivity index (χ3v) is 9.52. The Balaban J connectivity index is 1.81. The highest BCUT2D eigenvalue weighted by atomic mass is 35.5. The van der Waals surface area contributed by atoms with Crippen LogP contribution in [0.1, 0.15) is 37.0 Å². The van der Waals surface area contributed by atoms with Crippen molar-refractivity contribution in [3.8, 4) is 0 Å². The molecule has 44 heavy (non-hydrogen) atoms. The van der Waals surface area contributed by atoms with Crippen molar-refractivity contribution in [3.05, 3.63) is 131 Å². The van der Waals surface area contributed by atoms with Gasteiger partial charge in [0, 0.05) is 24.0 Å². The summed E-state index contributed by atoms with van der Waals surface area (Å²) < 4.78 is 29.3. The lowest BCUT2D eigenvalue weighted by Crippen LogP contribution is -2.54. The fourth-order valence-corrected chi connectivity index (χ4v) is 6.62. The smallest absolute Gasteiger partial charge is 0.264 e. The molecule has 0 heterocycles. The van der Waals surface area contributed by atoms with Crippen LogP contribution in [0.25, 0.3) is 0 Å². The quantitative estimate of drug-likeness (QED) is 0.185. The van der Waals surface area contributed by atoms with Crippen molar-refractivity contribution in [3.63, 3.8) is 0 Å². The zero-order chi connectivity index (χ0) is 31.7. The Morgan fingerprint density at radius 1 is 0.841 bits per heavy atom. The van der Waals surface area contributed by atoms with Gasteiger partial charge in [-0.25, -0.2) is 8.42 Å². The van der Waals surface area contributed by atoms with Gasteiger partial charge in [-0.1, -0.05) is 97.4 Å². The van der Waals surface area contributed by atoms with E-state index in [1.54, 1.807) is 61.5 Å². The number of amides is 2. The second-order valence-corrected chi connectivity index (χ2v) is 13.1. The summed E-state index contributed by atoms with van der Waals surface area (Å²) in [5, 5.41) is 3.53. The minimum Gasteiger partial charge on any atom is -0.352 e. The SMILES string of the molecule is CC[C@@H](C)NC(=O)[C@@H](Cc1ccccc1)N(Cc1cccc(Cl)c1)C(=O)CN(c1ccccc1C)S(=O)(=O)c1ccccc1. The first-order valence-electron chi connectivity index (χ1n) is 14.6. The van der Waals surface area contributed by atoms with Gasteiger partial charge >= 0.3 is 0 Å². The van der Waals surface area contributed by atoms with Crippen molar-refractivity contribution >= 4 is 39.1 Å². The zero-order valence-electron chi connectivity index (χ0n) is 25.2. The summed E-state index contributed by atoms with van der Waals surface area (Å²) in [5.41, 5.74) is 2.66. The molecule has 0 aliphatic carbocycles. The van der Waals surface area contributed by atoms with Crippen LogP contribution in [0.5, 0.6) is 0 Å². The Morgan fingerprint density at radius 3 is 2.09 bits per heavy atom. The number of hydrogen-bond donors (Lipinski definition) is 1. The molecule has 0 radical (unpaired) electrons. The van der Waals surface area contributed by atoms with Crippen LogP contribution >= 0.6 is 11.6 Å². The molecule has 0 aromatic heterocycles. The van der Waals surface area contributed by atoms with Gasteiger partial charge < -0.3 is 10.2 Å². The van der Waals surface area contributed by atoms with Gasteiger partial charge in [0.15, 0.2) is 0 Å². The van der Waals surface area contributed by atoms with Crippen molar-refractivity contribution in [1.82, 2.24) is 10.2 Å². The van der Waals surface area contributed by atoms with Crippen LogP contribution in [0.15, 0.2) is 114 Å². The number of para-hydroxylation sites is 1. The first-order valence-corrected chi connectivity index (χ1v) is 16.4. The molecule has 0 saturated carbocycles. The lowest BCUT2D eigenvalue weighted by atomic mass is 10.0. The van der Waals surface area contributed by atoms with E-state index in [9.17, 15) is 18.0 Å². The number of sulfonamides is 1. The fourth-order valence-electron chi connectivity index (χ4n) is 4.90. The highest BCUT2D eigenvalue weighted by Crippen LogP contribution is 2.28. The number of hydrogen-bond acceptors (Lipinski definition) is 4. The molecule has 2 atom stereocenters. The lowest BCUT2D eigenvalue weighted by Gasteiger charge is -2.34. The van der Waals surface area contributed by atoms with Gasteiger partial charge in [-0.3, -0.25) is 13.9 Å². The summed E-state index contributed by atoms with van der Waals surface area (Å²) in [7, 11) is -4.15. The standard InChI is InChI=1S/C35H38ClN3O4S/c1-4-27(3)37-35(41)33(23-28-15-7-5-8-16-28)38(24-29-17-13-18-30(36)22-29)34(40)25-39(32-21-12-11-14-26(32)2)44(42,43)31-19-9-6-10-20-31/h5-22,27,33H,4,23-25H2,1-3H3,(H,37,41)/t27-,33-/m1/s1. The van der Waals surface area contributed by atoms with Crippen molar-refractivity contribution in [2.24, 2.45) is 0 Å². The molecule has 7 nitrogen and oxygen atoms in total. The zero-order valence-corrected chi connectivity index (χ0v) is 26.8. The van der Waals surface area contributed by atoms with Gasteiger partial charge in [-0.15, -0.1) is 0 Å². The number of rotatable bonds is 13. The number of nitrogens with zero attached hydrogens (tertiary/aromatic N) is 2. The Bertz CT molecular complexity index is 1670. The average molecular weight is 632 g/mol. The average Bonchev–Trinajstić information content (AvgIpc) is 3.02. The largest absolute Gasteiger partial charge is 0.352 e. The molecule has 0 saturated heterocycles. The maximum Gasteiger partial charge on any atom is 0.264 e. The maximum absolute atomic E-state index is 14.5. The van der Waals surface area contributed by atoms with Crippen molar-refractivity contribution in [1.29, 1.82) is 0 Å². The molecule has 0 spiro atoms. The van der Waals surface area contributed by atoms with E-state index in [1.807, 2.05) is 56.3 Å². The fraction of sp³-hybridized carbons (Fsp3) is 0.257. The predicted molar refractivity (Wildman–Crippen MR) is 176 cm³/mol. The number of nitrogens with one attached hydrogen (secondary N) is 1. The molecule has 0 unspecified atom stereocenters. The van der Waals surface area contributed by atoms with Crippen LogP contribution < -0.4 is 9.62 Å². The van der Waals surface area contributed by atoms with Crippen molar-refractivity contribution < 1.29 is 18.0 Å². The minimum atomic E-state index is -4.15. The van der Waals surface area contributed by atoms with Crippen LogP contribution in [0.3, 0.4) is 0 Å². The molecule has 0 fully saturated rings. The summed E-state index contributed by atoms with van der Waals surface area (Å²) in [6.07, 6.45) is 0.952. The number of benzene rings is 4. The lowest BCUT2D eigenvalue weighted by molar-refractivity contribution is -0.140. The Morgan fingerprint density at radius 2 is 1.45 bits per heavy atom. The number of aryl methyl sites for hydroxylation is 1. The summed E-state index contributed by atoms with van der Waals surface area (Å²) in [5.74, 6) is -0.833. The van der Waals surface area contributed by atoms with Crippen molar-refractivity contribution in [2.45, 2.75) is 57.1 Å². The van der Waals surface area contributed by atoms with E-state index in [0.717, 1.165) is 9.87 Å². The molecule has 4 rings (SSSR count). The highest BCUT2D eigenvalue weighted by molar-refractivity contribution is 7.92. The van der Waals surface area contributed by atoms with Gasteiger partial charge in [-0.05, 0) is 67.3 Å². The molecule has 230 valence electrons. The van der Waals surface area contributed by atoms with Crippen molar-refractivity contribution in [2.75, 3.05) is 10.8 Å². The summed E-state index contributed by atoms with van der Waals surface area (Å²) in [6.45, 7) is 5.23. The number of carbonyl (C=O) groups excluding carboxylic acids is 2. The van der Waals surface area contributed by atoms with Gasteiger partial charge in [0.05, 0.1) is 10.6 Å². The van der Waals surface area contributed by atoms with Crippen LogP contribution in [-0.2, 0) is 32.6 Å². The summed E-state index contributed by atoms with van der Waals surface area (Å²) >= 11 is 6.31. The Hall–Kier alpha value is -4.14. The van der Waals surface area contributed by atoms with Gasteiger partial charge in [-0.2, -0.15) is 0 Å². The van der Waals surface area contributed by atoms with E-state index in [2.05, 4.69) is 5.32 Å². The molecule has 0 aliphatic heterocycles. The predicted octanol–water partition coefficient (Wildman–Crippen LogP) is 6.40. The first kappa shape index (κ1) is 32.8. The molecular formula is C35H38ClN3O4S. The third-order valence-electron chi connectivity index (χ3n) is 7.51. The molecule has 2 amide bonds. The van der Waals surface area contributed by atoms with Crippen LogP contribution in [-0.4, -0.2) is 43.8 Å². The van der Waals surface area contributed by atoms with Crippen LogP contribution in [0.2, 0.25) is 5.02 Å². The highest BCUT2D eigenvalue weighted by Gasteiger charge is 2.35. The van der Waals surface area contributed by atoms with Gasteiger partial charge in [0.25, 0.3) is 10.0 Å². The number of anilines is 1. The maximum atomic E-state index is 14.5. The van der Waals surface area contributed by atoms with Crippen LogP contribution in [0.4, 0.5) is 5.69 Å². The minimum absolute atomic E-state index is 0.0534. The topological polar surface area (TPSA) is 86.8 Å². The second kappa shape index (κ2) is 15.0. The van der Waals surface area contributed by atoms with Gasteiger partial charge in [0.1, 0.15) is 12.6 Å². The number of carbonyl (C=O) groups is 2. The summed E-state index contributed by atoms with van der Waals surface area (Å²) in [4.78, 5) is 29.9. The first-order chi connectivity index (χ1) is 21.1. The third kappa shape index (κ3) is 8.27. The van der Waals surface area contributed by atoms with E-state index in [0.29, 0.717) is 28.3 Å². The Labute approximate surface area is 265 Å².